The van der Waals surface area contributed by atoms with Crippen molar-refractivity contribution in [2.24, 2.45) is 0 Å². The van der Waals surface area contributed by atoms with Crippen LogP contribution in [0.3, 0.4) is 0 Å². The lowest BCUT2D eigenvalue weighted by Crippen LogP contribution is -2.53. The molecule has 2 aliphatic heterocycles. The highest BCUT2D eigenvalue weighted by atomic mass is 16.5. The number of urea groups is 1. The topological polar surface area (TPSA) is 105 Å². The molecule has 2 aromatic heterocycles. The fourth-order valence-electron chi connectivity index (χ4n) is 4.08. The minimum atomic E-state index is -0.762. The highest BCUT2D eigenvalue weighted by Crippen LogP contribution is 2.25. The van der Waals surface area contributed by atoms with Gasteiger partial charge in [-0.3, -0.25) is 28.6 Å². The lowest BCUT2D eigenvalue weighted by Gasteiger charge is -2.36. The number of hydrogen-bond donors (Lipinski definition) is 0. The smallest absolute Gasteiger partial charge is 0.333 e. The summed E-state index contributed by atoms with van der Waals surface area (Å²) in [5.74, 6) is -1.15. The molecule has 0 aromatic carbocycles. The maximum absolute atomic E-state index is 13.5. The van der Waals surface area contributed by atoms with Crippen LogP contribution in [0.5, 0.6) is 0 Å². The number of amides is 4. The van der Waals surface area contributed by atoms with Crippen molar-refractivity contribution in [1.29, 1.82) is 0 Å². The van der Waals surface area contributed by atoms with Gasteiger partial charge >= 0.3 is 6.03 Å². The Kier molecular flexibility index (Phi) is 5.33. The molecule has 0 N–H and O–H groups in total. The molecular weight excluding hydrogens is 414 g/mol. The molecule has 10 nitrogen and oxygen atoms in total. The van der Waals surface area contributed by atoms with Crippen LogP contribution in [0.2, 0.25) is 0 Å². The van der Waals surface area contributed by atoms with Gasteiger partial charge in [-0.2, -0.15) is 0 Å². The predicted molar refractivity (Wildman–Crippen MR) is 117 cm³/mol. The summed E-state index contributed by atoms with van der Waals surface area (Å²) in [4.78, 5) is 59.4. The van der Waals surface area contributed by atoms with Crippen LogP contribution in [-0.2, 0) is 14.3 Å². The average molecular weight is 439 g/mol. The van der Waals surface area contributed by atoms with Crippen LogP contribution in [0, 0.1) is 6.92 Å². The van der Waals surface area contributed by atoms with Gasteiger partial charge in [0.05, 0.1) is 17.8 Å². The largest absolute Gasteiger partial charge is 0.372 e. The first-order valence-electron chi connectivity index (χ1n) is 10.3. The van der Waals surface area contributed by atoms with Gasteiger partial charge in [0.1, 0.15) is 17.0 Å². The zero-order valence-corrected chi connectivity index (χ0v) is 18.7. The molecule has 0 bridgehead atoms. The Morgan fingerprint density at radius 2 is 1.59 bits per heavy atom. The number of barbiturate groups is 1. The number of hydrogen-bond acceptors (Lipinski definition) is 7. The first kappa shape index (κ1) is 21.7. The number of nitrogens with zero attached hydrogens (tertiary/aromatic N) is 5. The van der Waals surface area contributed by atoms with Crippen molar-refractivity contribution < 1.29 is 19.1 Å². The fourth-order valence-corrected chi connectivity index (χ4v) is 4.08. The Balaban J connectivity index is 1.96. The van der Waals surface area contributed by atoms with E-state index in [9.17, 15) is 19.2 Å². The van der Waals surface area contributed by atoms with Gasteiger partial charge in [-0.1, -0.05) is 6.07 Å². The van der Waals surface area contributed by atoms with Crippen LogP contribution in [0.25, 0.3) is 11.7 Å². The van der Waals surface area contributed by atoms with E-state index >= 15 is 0 Å². The van der Waals surface area contributed by atoms with Crippen molar-refractivity contribution in [3.8, 4) is 0 Å². The van der Waals surface area contributed by atoms with E-state index in [0.717, 1.165) is 15.4 Å². The highest BCUT2D eigenvalue weighted by Gasteiger charge is 2.38. The van der Waals surface area contributed by atoms with Crippen LogP contribution in [0.4, 0.5) is 10.6 Å². The van der Waals surface area contributed by atoms with Crippen molar-refractivity contribution in [3.63, 3.8) is 0 Å². The molecule has 10 heteroatoms. The maximum Gasteiger partial charge on any atom is 0.333 e. The van der Waals surface area contributed by atoms with E-state index in [1.807, 2.05) is 31.7 Å². The monoisotopic (exact) mass is 439 g/mol. The van der Waals surface area contributed by atoms with Gasteiger partial charge in [0.15, 0.2) is 0 Å². The number of carbonyl (C=O) groups is 3. The van der Waals surface area contributed by atoms with E-state index in [0.29, 0.717) is 24.6 Å². The number of carbonyl (C=O) groups excluding carboxylic acids is 3. The third-order valence-electron chi connectivity index (χ3n) is 5.64. The summed E-state index contributed by atoms with van der Waals surface area (Å²) in [6.07, 6.45) is 2.73. The molecule has 2 saturated heterocycles. The lowest BCUT2D eigenvalue weighted by atomic mass is 10.1. The fraction of sp³-hybridized carbons (Fsp3) is 0.409. The van der Waals surface area contributed by atoms with E-state index in [2.05, 4.69) is 0 Å². The Bertz CT molecular complexity index is 1200. The zero-order valence-electron chi connectivity index (χ0n) is 18.7. The third kappa shape index (κ3) is 3.56. The van der Waals surface area contributed by atoms with Gasteiger partial charge in [0.25, 0.3) is 17.4 Å². The van der Waals surface area contributed by atoms with E-state index in [1.165, 1.54) is 24.6 Å². The SMILES string of the molecule is Cc1ccc2nc(N3CC(C)OC(C)C3)c(C=C3C(=O)N(C)C(=O)N(C)C3=O)c(=O)n2c1. The summed E-state index contributed by atoms with van der Waals surface area (Å²) < 4.78 is 7.21. The summed E-state index contributed by atoms with van der Waals surface area (Å²) in [7, 11) is 2.59. The number of imide groups is 2. The van der Waals surface area contributed by atoms with E-state index in [1.54, 1.807) is 12.3 Å². The molecule has 0 saturated carbocycles. The summed E-state index contributed by atoms with van der Waals surface area (Å²) in [5.41, 5.74) is 0.751. The molecule has 2 unspecified atom stereocenters. The number of aromatic nitrogens is 2. The number of morpholine rings is 1. The molecule has 0 radical (unpaired) electrons. The molecule has 32 heavy (non-hydrogen) atoms. The van der Waals surface area contributed by atoms with Crippen LogP contribution in [0.15, 0.2) is 28.7 Å². The summed E-state index contributed by atoms with van der Waals surface area (Å²) in [6, 6.07) is 2.89. The second kappa shape index (κ2) is 7.86. The van der Waals surface area contributed by atoms with Crippen molar-refractivity contribution in [3.05, 3.63) is 45.4 Å². The molecule has 2 fully saturated rings. The Labute approximate surface area is 184 Å². The molecular formula is C22H25N5O5. The Hall–Kier alpha value is -3.53. The molecule has 2 atom stereocenters. The maximum atomic E-state index is 13.5. The van der Waals surface area contributed by atoms with E-state index in [-0.39, 0.29) is 23.3 Å². The first-order valence-corrected chi connectivity index (χ1v) is 10.3. The molecule has 4 rings (SSSR count). The zero-order chi connectivity index (χ0) is 23.3. The van der Waals surface area contributed by atoms with Gasteiger partial charge in [-0.15, -0.1) is 0 Å². The Morgan fingerprint density at radius 3 is 2.19 bits per heavy atom. The second-order valence-electron chi connectivity index (χ2n) is 8.32. The first-order chi connectivity index (χ1) is 15.1. The summed E-state index contributed by atoms with van der Waals surface area (Å²) in [6.45, 7) is 6.71. The molecule has 2 aromatic rings. The normalized spacial score (nSPS) is 22.2. The minimum absolute atomic E-state index is 0.0923. The lowest BCUT2D eigenvalue weighted by molar-refractivity contribution is -0.134. The quantitative estimate of drug-likeness (QED) is 0.509. The van der Waals surface area contributed by atoms with Crippen molar-refractivity contribution in [1.82, 2.24) is 19.2 Å². The second-order valence-corrected chi connectivity index (χ2v) is 8.32. The van der Waals surface area contributed by atoms with Crippen LogP contribution in [0.1, 0.15) is 25.0 Å². The standard InChI is InChI=1S/C22H25N5O5/c1-12-6-7-17-23-18(26-10-13(2)32-14(3)11-26)15(21(30)27(17)9-12)8-16-19(28)24(4)22(31)25(5)20(16)29/h6-9,13-14H,10-11H2,1-5H3. The summed E-state index contributed by atoms with van der Waals surface area (Å²) >= 11 is 0. The molecule has 0 aliphatic carbocycles. The minimum Gasteiger partial charge on any atom is -0.372 e. The molecule has 4 amide bonds. The molecule has 168 valence electrons. The van der Waals surface area contributed by atoms with Gasteiger partial charge in [0, 0.05) is 33.4 Å². The molecule has 0 spiro atoms. The van der Waals surface area contributed by atoms with Crippen molar-refractivity contribution in [2.75, 3.05) is 32.1 Å². The van der Waals surface area contributed by atoms with Gasteiger partial charge in [-0.05, 0) is 38.5 Å². The molecule has 2 aliphatic rings. The van der Waals surface area contributed by atoms with Gasteiger partial charge in [0.2, 0.25) is 0 Å². The Morgan fingerprint density at radius 1 is 1.00 bits per heavy atom. The molecule has 4 heterocycles. The van der Waals surface area contributed by atoms with Gasteiger partial charge in [-0.25, -0.2) is 9.78 Å². The average Bonchev–Trinajstić information content (AvgIpc) is 2.74. The highest BCUT2D eigenvalue weighted by molar-refractivity contribution is 6.30. The van der Waals surface area contributed by atoms with Crippen molar-refractivity contribution in [2.45, 2.75) is 33.0 Å². The number of ether oxygens (including phenoxy) is 1. The number of rotatable bonds is 2. The van der Waals surface area contributed by atoms with Crippen molar-refractivity contribution >= 4 is 35.4 Å². The van der Waals surface area contributed by atoms with Crippen LogP contribution in [-0.4, -0.2) is 76.4 Å². The van der Waals surface area contributed by atoms with E-state index < -0.39 is 23.4 Å². The number of aryl methyl sites for hydroxylation is 1. The van der Waals surface area contributed by atoms with E-state index in [4.69, 9.17) is 9.72 Å². The third-order valence-corrected chi connectivity index (χ3v) is 5.64. The van der Waals surface area contributed by atoms with Crippen LogP contribution >= 0.6 is 0 Å². The predicted octanol–water partition coefficient (Wildman–Crippen LogP) is 1.05. The van der Waals surface area contributed by atoms with Gasteiger partial charge < -0.3 is 9.64 Å². The number of fused-ring (bicyclic) bond motifs is 1. The number of pyridine rings is 1. The summed E-state index contributed by atoms with van der Waals surface area (Å²) in [5, 5.41) is 0. The number of anilines is 1. The van der Waals surface area contributed by atoms with Crippen LogP contribution < -0.4 is 10.5 Å². The number of likely N-dealkylation sites (N-methyl/N-ethyl adjacent to an activating group) is 2.